The van der Waals surface area contributed by atoms with E-state index in [-0.39, 0.29) is 11.9 Å². The van der Waals surface area contributed by atoms with Crippen molar-refractivity contribution in [1.82, 2.24) is 4.90 Å². The van der Waals surface area contributed by atoms with Gasteiger partial charge in [0, 0.05) is 20.5 Å². The monoisotopic (exact) mass is 171 g/mol. The Bertz CT molecular complexity index is 202. The molecule has 0 bridgehead atoms. The normalized spacial score (nSPS) is 24.0. The van der Waals surface area contributed by atoms with Gasteiger partial charge in [-0.3, -0.25) is 9.59 Å². The molecule has 0 aromatic rings. The molecule has 4 heteroatoms. The summed E-state index contributed by atoms with van der Waals surface area (Å²) in [6.07, 6.45) is 1.02. The average Bonchev–Trinajstić information content (AvgIpc) is 1.98. The van der Waals surface area contributed by atoms with E-state index in [0.29, 0.717) is 6.42 Å². The van der Waals surface area contributed by atoms with Crippen LogP contribution in [-0.2, 0) is 14.3 Å². The number of amides is 1. The Morgan fingerprint density at radius 1 is 1.67 bits per heavy atom. The highest BCUT2D eigenvalue weighted by atomic mass is 16.5. The maximum atomic E-state index is 11.3. The van der Waals surface area contributed by atoms with Crippen LogP contribution in [0.3, 0.4) is 0 Å². The SMILES string of the molecule is CC(=O)OC1CCCN(C)C1=O. The number of piperidine rings is 1. The van der Waals surface area contributed by atoms with Gasteiger partial charge in [0.1, 0.15) is 0 Å². The van der Waals surface area contributed by atoms with Crippen molar-refractivity contribution >= 4 is 11.9 Å². The summed E-state index contributed by atoms with van der Waals surface area (Å²) < 4.78 is 4.84. The van der Waals surface area contributed by atoms with Crippen molar-refractivity contribution in [2.24, 2.45) is 0 Å². The molecule has 0 aromatic heterocycles. The van der Waals surface area contributed by atoms with Crippen molar-refractivity contribution in [1.29, 1.82) is 0 Å². The van der Waals surface area contributed by atoms with Crippen LogP contribution in [0.4, 0.5) is 0 Å². The standard InChI is InChI=1S/C8H13NO3/c1-6(10)12-7-4-3-5-9(2)8(7)11/h7H,3-5H2,1-2H3. The molecule has 1 aliphatic rings. The van der Waals surface area contributed by atoms with Gasteiger partial charge in [-0.05, 0) is 12.8 Å². The van der Waals surface area contributed by atoms with Crippen LogP contribution >= 0.6 is 0 Å². The number of nitrogens with zero attached hydrogens (tertiary/aromatic N) is 1. The van der Waals surface area contributed by atoms with Crippen LogP contribution in [0.5, 0.6) is 0 Å². The van der Waals surface area contributed by atoms with Crippen molar-refractivity contribution < 1.29 is 14.3 Å². The summed E-state index contributed by atoms with van der Waals surface area (Å²) in [5, 5.41) is 0. The summed E-state index contributed by atoms with van der Waals surface area (Å²) in [6, 6.07) is 0. The third-order valence-electron chi connectivity index (χ3n) is 1.92. The second kappa shape index (κ2) is 3.56. The van der Waals surface area contributed by atoms with Gasteiger partial charge in [-0.15, -0.1) is 0 Å². The third-order valence-corrected chi connectivity index (χ3v) is 1.92. The highest BCUT2D eigenvalue weighted by Gasteiger charge is 2.28. The molecule has 0 aliphatic carbocycles. The second-order valence-corrected chi connectivity index (χ2v) is 3.00. The highest BCUT2D eigenvalue weighted by Crippen LogP contribution is 2.12. The van der Waals surface area contributed by atoms with Gasteiger partial charge in [-0.25, -0.2) is 0 Å². The summed E-state index contributed by atoms with van der Waals surface area (Å²) >= 11 is 0. The van der Waals surface area contributed by atoms with Crippen molar-refractivity contribution in [2.75, 3.05) is 13.6 Å². The summed E-state index contributed by atoms with van der Waals surface area (Å²) in [7, 11) is 1.72. The summed E-state index contributed by atoms with van der Waals surface area (Å²) in [5.74, 6) is -0.472. The Morgan fingerprint density at radius 3 is 2.92 bits per heavy atom. The Morgan fingerprint density at radius 2 is 2.33 bits per heavy atom. The second-order valence-electron chi connectivity index (χ2n) is 3.00. The molecule has 1 heterocycles. The zero-order valence-electron chi connectivity index (χ0n) is 7.37. The van der Waals surface area contributed by atoms with E-state index in [1.165, 1.54) is 6.92 Å². The molecule has 1 saturated heterocycles. The minimum Gasteiger partial charge on any atom is -0.452 e. The molecule has 68 valence electrons. The van der Waals surface area contributed by atoms with Crippen LogP contribution in [0.25, 0.3) is 0 Å². The lowest BCUT2D eigenvalue weighted by molar-refractivity contribution is -0.160. The maximum Gasteiger partial charge on any atom is 0.303 e. The minimum absolute atomic E-state index is 0.0866. The zero-order chi connectivity index (χ0) is 9.14. The van der Waals surface area contributed by atoms with Gasteiger partial charge in [0.2, 0.25) is 0 Å². The summed E-state index contributed by atoms with van der Waals surface area (Å²) in [4.78, 5) is 23.5. The molecule has 0 saturated carbocycles. The molecule has 1 aliphatic heterocycles. The number of rotatable bonds is 1. The first-order valence-corrected chi connectivity index (χ1v) is 4.03. The number of esters is 1. The molecule has 0 spiro atoms. The number of hydrogen-bond acceptors (Lipinski definition) is 3. The number of carbonyl (C=O) groups excluding carboxylic acids is 2. The van der Waals surface area contributed by atoms with Gasteiger partial charge in [-0.2, -0.15) is 0 Å². The lowest BCUT2D eigenvalue weighted by Gasteiger charge is -2.28. The van der Waals surface area contributed by atoms with Gasteiger partial charge >= 0.3 is 5.97 Å². The predicted octanol–water partition coefficient (Wildman–Crippen LogP) is 0.170. The van der Waals surface area contributed by atoms with Crippen LogP contribution in [0.2, 0.25) is 0 Å². The van der Waals surface area contributed by atoms with Crippen molar-refractivity contribution in [3.63, 3.8) is 0 Å². The maximum absolute atomic E-state index is 11.3. The minimum atomic E-state index is -0.541. The third kappa shape index (κ3) is 1.96. The Kier molecular flexibility index (Phi) is 2.68. The molecule has 0 aromatic carbocycles. The number of ether oxygens (including phenoxy) is 1. The van der Waals surface area contributed by atoms with E-state index >= 15 is 0 Å². The molecule has 1 unspecified atom stereocenters. The molecule has 1 amide bonds. The molecule has 12 heavy (non-hydrogen) atoms. The van der Waals surface area contributed by atoms with Crippen LogP contribution in [0, 0.1) is 0 Å². The van der Waals surface area contributed by atoms with E-state index < -0.39 is 6.10 Å². The number of carbonyl (C=O) groups is 2. The van der Waals surface area contributed by atoms with E-state index in [2.05, 4.69) is 0 Å². The first-order chi connectivity index (χ1) is 5.61. The predicted molar refractivity (Wildman–Crippen MR) is 42.4 cm³/mol. The van der Waals surface area contributed by atoms with E-state index in [0.717, 1.165) is 13.0 Å². The van der Waals surface area contributed by atoms with Gasteiger partial charge in [0.25, 0.3) is 5.91 Å². The van der Waals surface area contributed by atoms with Crippen molar-refractivity contribution in [2.45, 2.75) is 25.9 Å². The van der Waals surface area contributed by atoms with Crippen molar-refractivity contribution in [3.05, 3.63) is 0 Å². The molecule has 4 nitrogen and oxygen atoms in total. The average molecular weight is 171 g/mol. The Hall–Kier alpha value is -1.06. The van der Waals surface area contributed by atoms with E-state index in [4.69, 9.17) is 4.74 Å². The van der Waals surface area contributed by atoms with Gasteiger partial charge in [0.05, 0.1) is 0 Å². The molecular formula is C8H13NO3. The lowest BCUT2D eigenvalue weighted by atomic mass is 10.1. The first-order valence-electron chi connectivity index (χ1n) is 4.03. The molecule has 1 atom stereocenters. The van der Waals surface area contributed by atoms with Crippen LogP contribution in [0.1, 0.15) is 19.8 Å². The molecular weight excluding hydrogens is 158 g/mol. The highest BCUT2D eigenvalue weighted by molar-refractivity contribution is 5.83. The van der Waals surface area contributed by atoms with Crippen LogP contribution < -0.4 is 0 Å². The Balaban J connectivity index is 2.52. The Labute approximate surface area is 71.5 Å². The molecule has 0 radical (unpaired) electrons. The fourth-order valence-electron chi connectivity index (χ4n) is 1.30. The van der Waals surface area contributed by atoms with Gasteiger partial charge in [-0.1, -0.05) is 0 Å². The topological polar surface area (TPSA) is 46.6 Å². The van der Waals surface area contributed by atoms with E-state index in [9.17, 15) is 9.59 Å². The summed E-state index contributed by atoms with van der Waals surface area (Å²) in [6.45, 7) is 2.08. The fraction of sp³-hybridized carbons (Fsp3) is 0.750. The largest absolute Gasteiger partial charge is 0.452 e. The van der Waals surface area contributed by atoms with E-state index in [1.54, 1.807) is 11.9 Å². The molecule has 1 fully saturated rings. The summed E-state index contributed by atoms with van der Waals surface area (Å²) in [5.41, 5.74) is 0. The molecule has 0 N–H and O–H groups in total. The zero-order valence-corrected chi connectivity index (χ0v) is 7.37. The lowest BCUT2D eigenvalue weighted by Crippen LogP contribution is -2.43. The van der Waals surface area contributed by atoms with Crippen LogP contribution in [-0.4, -0.2) is 36.5 Å². The van der Waals surface area contributed by atoms with Crippen molar-refractivity contribution in [3.8, 4) is 0 Å². The van der Waals surface area contributed by atoms with Crippen LogP contribution in [0.15, 0.2) is 0 Å². The smallest absolute Gasteiger partial charge is 0.303 e. The fourth-order valence-corrected chi connectivity index (χ4v) is 1.30. The van der Waals surface area contributed by atoms with E-state index in [1.807, 2.05) is 0 Å². The quantitative estimate of drug-likeness (QED) is 0.528. The number of likely N-dealkylation sites (N-methyl/N-ethyl adjacent to an activating group) is 1. The first kappa shape index (κ1) is 9.03. The van der Waals surface area contributed by atoms with Gasteiger partial charge in [0.15, 0.2) is 6.10 Å². The molecule has 1 rings (SSSR count). The van der Waals surface area contributed by atoms with Gasteiger partial charge < -0.3 is 9.64 Å². The number of hydrogen-bond donors (Lipinski definition) is 0. The number of likely N-dealkylation sites (tertiary alicyclic amines) is 1.